The first-order chi connectivity index (χ1) is 6.06. The number of alkyl halides is 3. The number of nitrogens with two attached hydrogens (primary N) is 1. The molecule has 1 rings (SSSR count). The Kier molecular flexibility index (Phi) is 2.87. The predicted octanol–water partition coefficient (Wildman–Crippen LogP) is 2.05. The van der Waals surface area contributed by atoms with Gasteiger partial charge in [0.15, 0.2) is 0 Å². The lowest BCUT2D eigenvalue weighted by Crippen LogP contribution is -2.00. The van der Waals surface area contributed by atoms with Gasteiger partial charge < -0.3 is 10.8 Å². The van der Waals surface area contributed by atoms with E-state index in [4.69, 9.17) is 22.4 Å². The van der Waals surface area contributed by atoms with Gasteiger partial charge in [-0.25, -0.2) is 13.8 Å². The van der Waals surface area contributed by atoms with E-state index in [0.717, 1.165) is 6.07 Å². The number of rotatable bonds is 2. The van der Waals surface area contributed by atoms with Gasteiger partial charge in [-0.15, -0.1) is 11.6 Å². The average Bonchev–Trinajstić information content (AvgIpc) is 2.03. The van der Waals surface area contributed by atoms with Gasteiger partial charge in [-0.2, -0.15) is 0 Å². The summed E-state index contributed by atoms with van der Waals surface area (Å²) in [4.78, 5) is 3.43. The van der Waals surface area contributed by atoms with Crippen molar-refractivity contribution in [3.05, 3.63) is 17.5 Å². The Morgan fingerprint density at radius 3 is 2.69 bits per heavy atom. The van der Waals surface area contributed by atoms with Crippen LogP contribution < -0.4 is 5.73 Å². The molecule has 0 aliphatic carbocycles. The third kappa shape index (κ3) is 1.98. The number of nitrogen functional groups attached to an aromatic ring is 1. The van der Waals surface area contributed by atoms with Crippen LogP contribution in [-0.2, 0) is 5.88 Å². The highest BCUT2D eigenvalue weighted by molar-refractivity contribution is 6.17. The Morgan fingerprint density at radius 1 is 1.62 bits per heavy atom. The van der Waals surface area contributed by atoms with Gasteiger partial charge in [0.05, 0.1) is 17.3 Å². The second kappa shape index (κ2) is 3.74. The van der Waals surface area contributed by atoms with E-state index in [0.29, 0.717) is 0 Å². The van der Waals surface area contributed by atoms with Crippen molar-refractivity contribution in [1.29, 1.82) is 0 Å². The first-order valence-electron chi connectivity index (χ1n) is 3.38. The Morgan fingerprint density at radius 2 is 2.23 bits per heavy atom. The lowest BCUT2D eigenvalue weighted by molar-refractivity contribution is 0.141. The standard InChI is InChI=1S/C7H7ClF2N2O/c8-2-4-3(11)1-5(13)6(12-4)7(9)10/h1,7,13H,2,11H2. The van der Waals surface area contributed by atoms with Crippen LogP contribution in [0.15, 0.2) is 6.07 Å². The number of anilines is 1. The molecule has 0 saturated heterocycles. The van der Waals surface area contributed by atoms with Crippen LogP contribution >= 0.6 is 11.6 Å². The van der Waals surface area contributed by atoms with E-state index in [9.17, 15) is 8.78 Å². The summed E-state index contributed by atoms with van der Waals surface area (Å²) < 4.78 is 24.3. The molecule has 13 heavy (non-hydrogen) atoms. The minimum Gasteiger partial charge on any atom is -0.506 e. The Labute approximate surface area is 78.1 Å². The second-order valence-corrected chi connectivity index (χ2v) is 2.63. The van der Waals surface area contributed by atoms with Crippen molar-refractivity contribution < 1.29 is 13.9 Å². The van der Waals surface area contributed by atoms with Crippen LogP contribution in [0, 0.1) is 0 Å². The van der Waals surface area contributed by atoms with Gasteiger partial charge in [-0.1, -0.05) is 0 Å². The number of aromatic hydroxyl groups is 1. The molecule has 6 heteroatoms. The highest BCUT2D eigenvalue weighted by Crippen LogP contribution is 2.29. The van der Waals surface area contributed by atoms with E-state index in [-0.39, 0.29) is 17.3 Å². The van der Waals surface area contributed by atoms with Crippen molar-refractivity contribution in [3.8, 4) is 5.75 Å². The molecule has 72 valence electrons. The summed E-state index contributed by atoms with van der Waals surface area (Å²) in [5, 5.41) is 9.02. The van der Waals surface area contributed by atoms with Crippen LogP contribution in [0.5, 0.6) is 5.75 Å². The molecule has 0 aliphatic heterocycles. The van der Waals surface area contributed by atoms with Crippen LogP contribution in [0.4, 0.5) is 14.5 Å². The van der Waals surface area contributed by atoms with Crippen LogP contribution in [-0.4, -0.2) is 10.1 Å². The molecule has 0 fully saturated rings. The van der Waals surface area contributed by atoms with E-state index >= 15 is 0 Å². The summed E-state index contributed by atoms with van der Waals surface area (Å²) in [5.41, 5.74) is 4.92. The first-order valence-corrected chi connectivity index (χ1v) is 3.92. The van der Waals surface area contributed by atoms with Gasteiger partial charge >= 0.3 is 0 Å². The van der Waals surface area contributed by atoms with Crippen molar-refractivity contribution in [2.24, 2.45) is 0 Å². The Hall–Kier alpha value is -1.10. The summed E-state index contributed by atoms with van der Waals surface area (Å²) in [7, 11) is 0. The zero-order chi connectivity index (χ0) is 10.0. The highest BCUT2D eigenvalue weighted by Gasteiger charge is 2.16. The number of nitrogens with zero attached hydrogens (tertiary/aromatic N) is 1. The number of hydrogen-bond donors (Lipinski definition) is 2. The zero-order valence-corrected chi connectivity index (χ0v) is 7.22. The largest absolute Gasteiger partial charge is 0.506 e. The SMILES string of the molecule is Nc1cc(O)c(C(F)F)nc1CCl. The van der Waals surface area contributed by atoms with Gasteiger partial charge in [0.2, 0.25) is 0 Å². The van der Waals surface area contributed by atoms with Crippen LogP contribution in [0.2, 0.25) is 0 Å². The molecule has 0 bridgehead atoms. The normalized spacial score (nSPS) is 10.8. The number of aromatic nitrogens is 1. The van der Waals surface area contributed by atoms with E-state index < -0.39 is 17.9 Å². The predicted molar refractivity (Wildman–Crippen MR) is 44.8 cm³/mol. The summed E-state index contributed by atoms with van der Waals surface area (Å²) in [6.45, 7) is 0. The number of halogens is 3. The van der Waals surface area contributed by atoms with Gasteiger partial charge in [-0.3, -0.25) is 0 Å². The quantitative estimate of drug-likeness (QED) is 0.732. The Bertz CT molecular complexity index is 320. The molecule has 0 amide bonds. The van der Waals surface area contributed by atoms with Crippen molar-refractivity contribution in [2.45, 2.75) is 12.3 Å². The molecule has 1 aromatic heterocycles. The second-order valence-electron chi connectivity index (χ2n) is 2.36. The molecule has 1 heterocycles. The molecule has 0 aromatic carbocycles. The van der Waals surface area contributed by atoms with Crippen LogP contribution in [0.25, 0.3) is 0 Å². The minimum absolute atomic E-state index is 0.0637. The zero-order valence-electron chi connectivity index (χ0n) is 6.47. The molecule has 0 unspecified atom stereocenters. The van der Waals surface area contributed by atoms with Crippen molar-refractivity contribution in [2.75, 3.05) is 5.73 Å². The van der Waals surface area contributed by atoms with Crippen LogP contribution in [0.3, 0.4) is 0 Å². The van der Waals surface area contributed by atoms with E-state index in [1.54, 1.807) is 0 Å². The minimum atomic E-state index is -2.83. The maximum absolute atomic E-state index is 12.2. The fourth-order valence-corrected chi connectivity index (χ4v) is 1.05. The lowest BCUT2D eigenvalue weighted by atomic mass is 10.2. The monoisotopic (exact) mass is 208 g/mol. The highest BCUT2D eigenvalue weighted by atomic mass is 35.5. The van der Waals surface area contributed by atoms with Gasteiger partial charge in [0, 0.05) is 6.07 Å². The molecule has 3 N–H and O–H groups in total. The van der Waals surface area contributed by atoms with Crippen molar-refractivity contribution in [1.82, 2.24) is 4.98 Å². The molecular formula is C7H7ClF2N2O. The number of hydrogen-bond acceptors (Lipinski definition) is 3. The van der Waals surface area contributed by atoms with E-state index in [1.807, 2.05) is 0 Å². The lowest BCUT2D eigenvalue weighted by Gasteiger charge is -2.06. The van der Waals surface area contributed by atoms with Crippen LogP contribution in [0.1, 0.15) is 17.8 Å². The summed E-state index contributed by atoms with van der Waals surface area (Å²) in [6, 6.07) is 1.02. The van der Waals surface area contributed by atoms with Crippen molar-refractivity contribution in [3.63, 3.8) is 0 Å². The Balaban J connectivity index is 3.22. The molecule has 0 atom stereocenters. The molecule has 3 nitrogen and oxygen atoms in total. The third-order valence-electron chi connectivity index (χ3n) is 1.48. The fourth-order valence-electron chi connectivity index (χ4n) is 0.839. The summed E-state index contributed by atoms with van der Waals surface area (Å²) >= 11 is 5.39. The molecular weight excluding hydrogens is 202 g/mol. The molecule has 0 saturated carbocycles. The van der Waals surface area contributed by atoms with Crippen molar-refractivity contribution >= 4 is 17.3 Å². The summed E-state index contributed by atoms with van der Waals surface area (Å²) in [5.74, 6) is -0.674. The average molecular weight is 209 g/mol. The smallest absolute Gasteiger partial charge is 0.284 e. The fraction of sp³-hybridized carbons (Fsp3) is 0.286. The third-order valence-corrected chi connectivity index (χ3v) is 1.73. The van der Waals surface area contributed by atoms with Gasteiger partial charge in [-0.05, 0) is 0 Å². The topological polar surface area (TPSA) is 59.1 Å². The molecule has 0 radical (unpaired) electrons. The van der Waals surface area contributed by atoms with Gasteiger partial charge in [0.1, 0.15) is 11.4 Å². The van der Waals surface area contributed by atoms with Gasteiger partial charge in [0.25, 0.3) is 6.43 Å². The van der Waals surface area contributed by atoms with E-state index in [2.05, 4.69) is 4.98 Å². The summed E-state index contributed by atoms with van der Waals surface area (Å²) in [6.07, 6.45) is -2.83. The number of pyridine rings is 1. The molecule has 0 aliphatic rings. The molecule has 1 aromatic rings. The maximum atomic E-state index is 12.2. The van der Waals surface area contributed by atoms with E-state index in [1.165, 1.54) is 0 Å². The maximum Gasteiger partial charge on any atom is 0.284 e. The molecule has 0 spiro atoms. The first kappa shape index (κ1) is 9.98.